The third-order valence-corrected chi connectivity index (χ3v) is 6.98. The summed E-state index contributed by atoms with van der Waals surface area (Å²) in [4.78, 5) is 16.7. The smallest absolute Gasteiger partial charge is 0.434 e. The number of thioether (sulfide) groups is 1. The molecule has 184 valence electrons. The van der Waals surface area contributed by atoms with Crippen molar-refractivity contribution < 1.29 is 22.7 Å². The van der Waals surface area contributed by atoms with Crippen LogP contribution in [0.15, 0.2) is 58.5 Å². The SMILES string of the molecule is CCOC(=O)Oc1c(SC)nc(C(C)C)n1Cc1ccc(-c2ccccc2S(=O)(=O)NC#N)cc1. The first-order chi connectivity index (χ1) is 16.7. The van der Waals surface area contributed by atoms with Gasteiger partial charge in [-0.2, -0.15) is 5.26 Å². The summed E-state index contributed by atoms with van der Waals surface area (Å²) in [7, 11) is -3.97. The average Bonchev–Trinajstić information content (AvgIpc) is 3.17. The number of nitriles is 1. The Morgan fingerprint density at radius 1 is 1.20 bits per heavy atom. The van der Waals surface area contributed by atoms with Gasteiger partial charge in [0.15, 0.2) is 11.2 Å². The Morgan fingerprint density at radius 2 is 1.89 bits per heavy atom. The maximum absolute atomic E-state index is 12.4. The van der Waals surface area contributed by atoms with Crippen molar-refractivity contribution >= 4 is 27.9 Å². The molecule has 0 unspecified atom stereocenters. The number of hydrogen-bond donors (Lipinski definition) is 1. The van der Waals surface area contributed by atoms with Crippen LogP contribution in [0.4, 0.5) is 4.79 Å². The fourth-order valence-electron chi connectivity index (χ4n) is 3.51. The number of carbonyl (C=O) groups excluding carboxylic acids is 1. The van der Waals surface area contributed by atoms with E-state index in [2.05, 4.69) is 4.98 Å². The molecule has 0 radical (unpaired) electrons. The van der Waals surface area contributed by atoms with Crippen LogP contribution in [-0.4, -0.2) is 37.0 Å². The fourth-order valence-corrected chi connectivity index (χ4v) is 4.98. The van der Waals surface area contributed by atoms with Gasteiger partial charge in [-0.3, -0.25) is 4.57 Å². The molecule has 0 saturated heterocycles. The van der Waals surface area contributed by atoms with E-state index in [0.29, 0.717) is 28.6 Å². The van der Waals surface area contributed by atoms with Crippen LogP contribution in [0, 0.1) is 11.5 Å². The van der Waals surface area contributed by atoms with E-state index in [-0.39, 0.29) is 17.4 Å². The van der Waals surface area contributed by atoms with Crippen LogP contribution >= 0.6 is 11.8 Å². The zero-order valence-electron chi connectivity index (χ0n) is 19.8. The predicted molar refractivity (Wildman–Crippen MR) is 133 cm³/mol. The fraction of sp³-hybridized carbons (Fsp3) is 0.292. The monoisotopic (exact) mass is 514 g/mol. The molecule has 2 aromatic carbocycles. The van der Waals surface area contributed by atoms with Gasteiger partial charge in [0, 0.05) is 11.5 Å². The zero-order valence-corrected chi connectivity index (χ0v) is 21.4. The molecule has 11 heteroatoms. The second-order valence-corrected chi connectivity index (χ2v) is 10.2. The van der Waals surface area contributed by atoms with Crippen molar-refractivity contribution in [1.29, 1.82) is 5.26 Å². The molecule has 0 aliphatic carbocycles. The summed E-state index contributed by atoms with van der Waals surface area (Å²) < 4.78 is 39.0. The summed E-state index contributed by atoms with van der Waals surface area (Å²) in [5.41, 5.74) is 2.04. The Morgan fingerprint density at radius 3 is 2.49 bits per heavy atom. The lowest BCUT2D eigenvalue weighted by molar-refractivity contribution is 0.0998. The molecule has 35 heavy (non-hydrogen) atoms. The van der Waals surface area contributed by atoms with Crippen molar-refractivity contribution in [2.24, 2.45) is 0 Å². The lowest BCUT2D eigenvalue weighted by atomic mass is 10.0. The van der Waals surface area contributed by atoms with E-state index in [1.54, 1.807) is 25.1 Å². The molecule has 0 bridgehead atoms. The number of nitrogens with one attached hydrogen (secondary N) is 1. The van der Waals surface area contributed by atoms with Gasteiger partial charge in [0.2, 0.25) is 5.88 Å². The van der Waals surface area contributed by atoms with E-state index >= 15 is 0 Å². The minimum atomic E-state index is -3.97. The average molecular weight is 515 g/mol. The summed E-state index contributed by atoms with van der Waals surface area (Å²) in [5.74, 6) is 1.16. The number of sulfonamides is 1. The second-order valence-electron chi connectivity index (χ2n) is 7.72. The highest BCUT2D eigenvalue weighted by molar-refractivity contribution is 7.98. The number of imidazole rings is 1. The van der Waals surface area contributed by atoms with Gasteiger partial charge in [-0.15, -0.1) is 11.8 Å². The predicted octanol–water partition coefficient (Wildman–Crippen LogP) is 4.74. The summed E-state index contributed by atoms with van der Waals surface area (Å²) in [5, 5.41) is 9.39. The Balaban J connectivity index is 1.98. The van der Waals surface area contributed by atoms with Crippen molar-refractivity contribution in [3.8, 4) is 23.2 Å². The van der Waals surface area contributed by atoms with Gasteiger partial charge in [0.05, 0.1) is 18.0 Å². The maximum Gasteiger partial charge on any atom is 0.515 e. The first kappa shape index (κ1) is 26.1. The van der Waals surface area contributed by atoms with Crippen LogP contribution in [-0.2, 0) is 21.3 Å². The maximum atomic E-state index is 12.4. The number of nitrogens with zero attached hydrogens (tertiary/aromatic N) is 3. The van der Waals surface area contributed by atoms with Crippen LogP contribution in [0.1, 0.15) is 38.1 Å². The van der Waals surface area contributed by atoms with Crippen molar-refractivity contribution in [3.05, 3.63) is 59.9 Å². The molecule has 0 aliphatic rings. The van der Waals surface area contributed by atoms with Crippen LogP contribution in [0.2, 0.25) is 0 Å². The van der Waals surface area contributed by atoms with Gasteiger partial charge in [-0.25, -0.2) is 22.9 Å². The van der Waals surface area contributed by atoms with E-state index in [1.165, 1.54) is 24.0 Å². The number of rotatable bonds is 9. The highest BCUT2D eigenvalue weighted by atomic mass is 32.2. The van der Waals surface area contributed by atoms with Gasteiger partial charge in [0.1, 0.15) is 5.82 Å². The normalized spacial score (nSPS) is 11.2. The Labute approximate surface area is 209 Å². The summed E-state index contributed by atoms with van der Waals surface area (Å²) in [6.07, 6.45) is 2.54. The van der Waals surface area contributed by atoms with Crippen molar-refractivity contribution in [1.82, 2.24) is 14.3 Å². The Kier molecular flexibility index (Phi) is 8.43. The first-order valence-electron chi connectivity index (χ1n) is 10.8. The molecule has 0 spiro atoms. The molecule has 0 aliphatic heterocycles. The van der Waals surface area contributed by atoms with E-state index in [4.69, 9.17) is 14.7 Å². The Bertz CT molecular complexity index is 1340. The second kappa shape index (κ2) is 11.3. The summed E-state index contributed by atoms with van der Waals surface area (Å²) >= 11 is 1.38. The topological polar surface area (TPSA) is 123 Å². The third kappa shape index (κ3) is 5.96. The molecular formula is C24H26N4O5S2. The van der Waals surface area contributed by atoms with E-state index in [9.17, 15) is 13.2 Å². The molecule has 1 N–H and O–H groups in total. The summed E-state index contributed by atoms with van der Waals surface area (Å²) in [6, 6.07) is 13.8. The Hall–Kier alpha value is -3.49. The standard InChI is InChI=1S/C24H26N4O5S2/c1-5-32-24(29)33-23-22(34-4)27-21(16(2)3)28(23)14-17-10-12-18(13-11-17)19-8-6-7-9-20(19)35(30,31)26-15-25/h6-13,16,26H,5,14H2,1-4H3. The van der Waals surface area contributed by atoms with Crippen molar-refractivity contribution in [3.63, 3.8) is 0 Å². The molecule has 3 rings (SSSR count). The number of hydrogen-bond acceptors (Lipinski definition) is 8. The number of ether oxygens (including phenoxy) is 2. The van der Waals surface area contributed by atoms with Crippen LogP contribution < -0.4 is 9.46 Å². The van der Waals surface area contributed by atoms with Crippen LogP contribution in [0.25, 0.3) is 11.1 Å². The molecular weight excluding hydrogens is 488 g/mol. The molecule has 0 saturated carbocycles. The number of carbonyl (C=O) groups is 1. The molecule has 0 fully saturated rings. The minimum absolute atomic E-state index is 0.0146. The molecule has 1 aromatic heterocycles. The molecule has 1 heterocycles. The first-order valence-corrected chi connectivity index (χ1v) is 13.5. The third-order valence-electron chi connectivity index (χ3n) is 5.03. The van der Waals surface area contributed by atoms with Gasteiger partial charge in [-0.1, -0.05) is 56.3 Å². The van der Waals surface area contributed by atoms with Gasteiger partial charge >= 0.3 is 6.16 Å². The van der Waals surface area contributed by atoms with Gasteiger partial charge in [-0.05, 0) is 30.4 Å². The highest BCUT2D eigenvalue weighted by Gasteiger charge is 2.23. The quantitative estimate of drug-likeness (QED) is 0.188. The molecule has 9 nitrogen and oxygen atoms in total. The van der Waals surface area contributed by atoms with Crippen molar-refractivity contribution in [2.45, 2.75) is 43.2 Å². The lowest BCUT2D eigenvalue weighted by Gasteiger charge is -2.14. The van der Waals surface area contributed by atoms with E-state index in [1.807, 2.05) is 53.7 Å². The highest BCUT2D eigenvalue weighted by Crippen LogP contribution is 2.33. The molecule has 0 amide bonds. The molecule has 3 aromatic rings. The van der Waals surface area contributed by atoms with Crippen molar-refractivity contribution in [2.75, 3.05) is 12.9 Å². The van der Waals surface area contributed by atoms with E-state index in [0.717, 1.165) is 11.4 Å². The number of aromatic nitrogens is 2. The largest absolute Gasteiger partial charge is 0.515 e. The lowest BCUT2D eigenvalue weighted by Crippen LogP contribution is -2.18. The zero-order chi connectivity index (χ0) is 25.6. The van der Waals surface area contributed by atoms with Gasteiger partial charge in [0.25, 0.3) is 10.0 Å². The minimum Gasteiger partial charge on any atom is -0.434 e. The van der Waals surface area contributed by atoms with E-state index < -0.39 is 16.2 Å². The number of benzene rings is 2. The van der Waals surface area contributed by atoms with Crippen LogP contribution in [0.5, 0.6) is 5.88 Å². The van der Waals surface area contributed by atoms with Gasteiger partial charge < -0.3 is 9.47 Å². The summed E-state index contributed by atoms with van der Waals surface area (Å²) in [6.45, 7) is 6.29. The van der Waals surface area contributed by atoms with Crippen LogP contribution in [0.3, 0.4) is 0 Å². The molecule has 0 atom stereocenters.